The highest BCUT2D eigenvalue weighted by Crippen LogP contribution is 2.20. The van der Waals surface area contributed by atoms with Crippen LogP contribution < -0.4 is 4.90 Å². The number of morpholine rings is 1. The molecule has 0 saturated carbocycles. The van der Waals surface area contributed by atoms with E-state index in [0.29, 0.717) is 25.4 Å². The molecule has 1 atom stereocenters. The number of halogens is 1. The molecule has 5 nitrogen and oxygen atoms in total. The van der Waals surface area contributed by atoms with Crippen molar-refractivity contribution in [1.82, 2.24) is 9.88 Å². The van der Waals surface area contributed by atoms with Gasteiger partial charge in [-0.25, -0.2) is 4.39 Å². The fraction of sp³-hybridized carbons (Fsp3) is 0.500. The lowest BCUT2D eigenvalue weighted by Gasteiger charge is -2.34. The summed E-state index contributed by atoms with van der Waals surface area (Å²) in [5.74, 6) is -0.482. The van der Waals surface area contributed by atoms with Crippen LogP contribution in [0.3, 0.4) is 0 Å². The lowest BCUT2D eigenvalue weighted by atomic mass is 10.2. The Balaban J connectivity index is 2.12. The van der Waals surface area contributed by atoms with Crippen LogP contribution in [-0.4, -0.2) is 55.7 Å². The number of likely N-dealkylation sites (N-methyl/N-ethyl adjacent to an activating group) is 1. The van der Waals surface area contributed by atoms with Gasteiger partial charge in [-0.05, 0) is 6.07 Å². The Bertz CT molecular complexity index is 439. The first-order valence-electron chi connectivity index (χ1n) is 5.77. The zero-order valence-electron chi connectivity index (χ0n) is 10.5. The van der Waals surface area contributed by atoms with E-state index in [1.807, 2.05) is 4.90 Å². The molecule has 98 valence electrons. The highest BCUT2D eigenvalue weighted by atomic mass is 19.1. The molecule has 1 aromatic heterocycles. The molecule has 2 rings (SSSR count). The molecule has 0 unspecified atom stereocenters. The zero-order valence-corrected chi connectivity index (χ0v) is 10.5. The number of hydrogen-bond acceptors (Lipinski definition) is 4. The van der Waals surface area contributed by atoms with E-state index in [-0.39, 0.29) is 11.7 Å². The van der Waals surface area contributed by atoms with E-state index in [4.69, 9.17) is 4.74 Å². The predicted octanol–water partition coefficient (Wildman–Crippen LogP) is 0.514. The van der Waals surface area contributed by atoms with Crippen molar-refractivity contribution in [2.75, 3.05) is 38.7 Å². The molecule has 18 heavy (non-hydrogen) atoms. The Kier molecular flexibility index (Phi) is 3.76. The van der Waals surface area contributed by atoms with Crippen LogP contribution in [-0.2, 0) is 9.53 Å². The van der Waals surface area contributed by atoms with E-state index in [1.165, 1.54) is 17.3 Å². The first-order valence-corrected chi connectivity index (χ1v) is 5.77. The molecule has 2 heterocycles. The van der Waals surface area contributed by atoms with Gasteiger partial charge in [0.15, 0.2) is 11.9 Å². The van der Waals surface area contributed by atoms with Crippen LogP contribution in [0.1, 0.15) is 0 Å². The Labute approximate surface area is 105 Å². The highest BCUT2D eigenvalue weighted by molar-refractivity contribution is 5.81. The number of ether oxygens (including phenoxy) is 1. The SMILES string of the molecule is CN(C)C(=O)[C@@H]1CN(c2ccncc2F)CCO1. The molecular formula is C12H16FN3O2. The molecule has 6 heteroatoms. The molecule has 1 aliphatic heterocycles. The van der Waals surface area contributed by atoms with Crippen LogP contribution in [0.5, 0.6) is 0 Å². The van der Waals surface area contributed by atoms with Crippen molar-refractivity contribution in [3.63, 3.8) is 0 Å². The van der Waals surface area contributed by atoms with Crippen molar-refractivity contribution in [2.45, 2.75) is 6.10 Å². The largest absolute Gasteiger partial charge is 0.365 e. The summed E-state index contributed by atoms with van der Waals surface area (Å²) in [6, 6.07) is 1.61. The topological polar surface area (TPSA) is 45.7 Å². The van der Waals surface area contributed by atoms with E-state index < -0.39 is 6.10 Å². The second kappa shape index (κ2) is 5.30. The second-order valence-electron chi connectivity index (χ2n) is 4.37. The fourth-order valence-corrected chi connectivity index (χ4v) is 1.93. The van der Waals surface area contributed by atoms with Gasteiger partial charge in [0.05, 0.1) is 25.0 Å². The molecule has 0 bridgehead atoms. The number of nitrogens with zero attached hydrogens (tertiary/aromatic N) is 3. The first-order chi connectivity index (χ1) is 8.59. The molecule has 1 aromatic rings. The Morgan fingerprint density at radius 1 is 1.61 bits per heavy atom. The van der Waals surface area contributed by atoms with Gasteiger partial charge in [-0.1, -0.05) is 0 Å². The Hall–Kier alpha value is -1.69. The van der Waals surface area contributed by atoms with E-state index in [1.54, 1.807) is 20.2 Å². The van der Waals surface area contributed by atoms with Crippen LogP contribution in [0.15, 0.2) is 18.5 Å². The van der Waals surface area contributed by atoms with Crippen molar-refractivity contribution in [1.29, 1.82) is 0 Å². The molecule has 0 N–H and O–H groups in total. The fourth-order valence-electron chi connectivity index (χ4n) is 1.93. The number of rotatable bonds is 2. The van der Waals surface area contributed by atoms with E-state index >= 15 is 0 Å². The number of anilines is 1. The van der Waals surface area contributed by atoms with Crippen molar-refractivity contribution >= 4 is 11.6 Å². The summed E-state index contributed by atoms with van der Waals surface area (Å²) in [5, 5.41) is 0. The molecule has 0 radical (unpaired) electrons. The van der Waals surface area contributed by atoms with Gasteiger partial charge in [0, 0.05) is 26.8 Å². The van der Waals surface area contributed by atoms with Gasteiger partial charge in [0.25, 0.3) is 5.91 Å². The normalized spacial score (nSPS) is 19.7. The van der Waals surface area contributed by atoms with E-state index in [9.17, 15) is 9.18 Å². The number of hydrogen-bond donors (Lipinski definition) is 0. The van der Waals surface area contributed by atoms with Crippen molar-refractivity contribution in [3.8, 4) is 0 Å². The summed E-state index contributed by atoms with van der Waals surface area (Å²) in [5.41, 5.74) is 0.463. The number of carbonyl (C=O) groups excluding carboxylic acids is 1. The molecule has 1 saturated heterocycles. The van der Waals surface area contributed by atoms with Gasteiger partial charge < -0.3 is 14.5 Å². The van der Waals surface area contributed by atoms with Crippen LogP contribution in [0.25, 0.3) is 0 Å². The number of pyridine rings is 1. The van der Waals surface area contributed by atoms with Gasteiger partial charge in [0.2, 0.25) is 0 Å². The molecule has 1 fully saturated rings. The summed E-state index contributed by atoms with van der Waals surface area (Å²) in [7, 11) is 3.36. The summed E-state index contributed by atoms with van der Waals surface area (Å²) in [6.07, 6.45) is 2.17. The van der Waals surface area contributed by atoms with Gasteiger partial charge in [-0.3, -0.25) is 9.78 Å². The minimum absolute atomic E-state index is 0.103. The third-order valence-corrected chi connectivity index (χ3v) is 2.87. The maximum atomic E-state index is 13.6. The van der Waals surface area contributed by atoms with E-state index in [0.717, 1.165) is 0 Å². The van der Waals surface area contributed by atoms with Crippen molar-refractivity contribution < 1.29 is 13.9 Å². The summed E-state index contributed by atoms with van der Waals surface area (Å²) in [4.78, 5) is 18.8. The quantitative estimate of drug-likeness (QED) is 0.770. The van der Waals surface area contributed by atoms with Crippen molar-refractivity contribution in [3.05, 3.63) is 24.3 Å². The highest BCUT2D eigenvalue weighted by Gasteiger charge is 2.28. The van der Waals surface area contributed by atoms with Crippen LogP contribution in [0.4, 0.5) is 10.1 Å². The molecule has 0 aromatic carbocycles. The third kappa shape index (κ3) is 2.59. The van der Waals surface area contributed by atoms with Crippen LogP contribution >= 0.6 is 0 Å². The standard InChI is InChI=1S/C12H16FN3O2/c1-15(2)12(17)11-8-16(5-6-18-11)10-3-4-14-7-9(10)13/h3-4,7,11H,5-6,8H2,1-2H3/t11-/m0/s1. The first kappa shape index (κ1) is 12.8. The maximum absolute atomic E-state index is 13.6. The maximum Gasteiger partial charge on any atom is 0.253 e. The molecular weight excluding hydrogens is 237 g/mol. The van der Waals surface area contributed by atoms with Gasteiger partial charge >= 0.3 is 0 Å². The number of aromatic nitrogens is 1. The smallest absolute Gasteiger partial charge is 0.253 e. The molecule has 1 amide bonds. The molecule has 0 spiro atoms. The lowest BCUT2D eigenvalue weighted by Crippen LogP contribution is -2.49. The molecule has 1 aliphatic rings. The Morgan fingerprint density at radius 3 is 3.06 bits per heavy atom. The zero-order chi connectivity index (χ0) is 13.1. The van der Waals surface area contributed by atoms with Gasteiger partial charge in [-0.15, -0.1) is 0 Å². The van der Waals surface area contributed by atoms with Crippen LogP contribution in [0, 0.1) is 5.82 Å². The molecule has 0 aliphatic carbocycles. The predicted molar refractivity (Wildman–Crippen MR) is 64.8 cm³/mol. The number of amides is 1. The average Bonchev–Trinajstić information content (AvgIpc) is 2.38. The Morgan fingerprint density at radius 2 is 2.39 bits per heavy atom. The lowest BCUT2D eigenvalue weighted by molar-refractivity contribution is -0.141. The van der Waals surface area contributed by atoms with Gasteiger partial charge in [0.1, 0.15) is 0 Å². The minimum Gasteiger partial charge on any atom is -0.365 e. The van der Waals surface area contributed by atoms with Crippen molar-refractivity contribution in [2.24, 2.45) is 0 Å². The summed E-state index contributed by atoms with van der Waals surface area (Å²) < 4.78 is 19.0. The summed E-state index contributed by atoms with van der Waals surface area (Å²) in [6.45, 7) is 1.34. The number of carbonyl (C=O) groups is 1. The second-order valence-corrected chi connectivity index (χ2v) is 4.37. The third-order valence-electron chi connectivity index (χ3n) is 2.87. The minimum atomic E-state index is -0.540. The summed E-state index contributed by atoms with van der Waals surface area (Å²) >= 11 is 0. The average molecular weight is 253 g/mol. The van der Waals surface area contributed by atoms with Gasteiger partial charge in [-0.2, -0.15) is 0 Å². The van der Waals surface area contributed by atoms with Crippen LogP contribution in [0.2, 0.25) is 0 Å². The van der Waals surface area contributed by atoms with E-state index in [2.05, 4.69) is 4.98 Å². The monoisotopic (exact) mass is 253 g/mol.